The highest BCUT2D eigenvalue weighted by molar-refractivity contribution is 5.92. The number of ether oxygens (including phenoxy) is 2. The predicted octanol–water partition coefficient (Wildman–Crippen LogP) is 3.73. The summed E-state index contributed by atoms with van der Waals surface area (Å²) in [7, 11) is 3.19. The largest absolute Gasteiger partial charge is 0.497 e. The number of hydrogen-bond donors (Lipinski definition) is 1. The summed E-state index contributed by atoms with van der Waals surface area (Å²) in [6.45, 7) is 3.11. The van der Waals surface area contributed by atoms with E-state index in [0.717, 1.165) is 38.9 Å². The standard InChI is InChI=1S/C22H29N3O3/c1-27-19-6-7-20(21(14-19)28-2)24-22(26)8-5-17-9-12-25(13-10-17)16-18-4-3-11-23-15-18/h3-4,6-7,11,14-15,17H,5,8-10,12-13,16H2,1-2H3,(H,24,26). The first kappa shape index (κ1) is 20.1. The molecule has 6 nitrogen and oxygen atoms in total. The Morgan fingerprint density at radius 3 is 2.71 bits per heavy atom. The van der Waals surface area contributed by atoms with E-state index in [1.54, 1.807) is 20.3 Å². The molecule has 1 N–H and O–H groups in total. The van der Waals surface area contributed by atoms with Crippen LogP contribution in [0.3, 0.4) is 0 Å². The van der Waals surface area contributed by atoms with E-state index >= 15 is 0 Å². The Balaban J connectivity index is 1.41. The van der Waals surface area contributed by atoms with E-state index in [2.05, 4.69) is 21.3 Å². The molecule has 6 heteroatoms. The number of pyridine rings is 1. The number of aromatic nitrogens is 1. The van der Waals surface area contributed by atoms with Crippen LogP contribution in [0.1, 0.15) is 31.2 Å². The number of piperidine rings is 1. The van der Waals surface area contributed by atoms with Gasteiger partial charge in [-0.05, 0) is 62.0 Å². The van der Waals surface area contributed by atoms with Crippen LogP contribution in [0.4, 0.5) is 5.69 Å². The average molecular weight is 383 g/mol. The van der Waals surface area contributed by atoms with Crippen molar-refractivity contribution in [2.75, 3.05) is 32.6 Å². The lowest BCUT2D eigenvalue weighted by Gasteiger charge is -2.31. The molecule has 1 aromatic heterocycles. The van der Waals surface area contributed by atoms with E-state index in [1.807, 2.05) is 30.6 Å². The number of anilines is 1. The number of hydrogen-bond acceptors (Lipinski definition) is 5. The first-order chi connectivity index (χ1) is 13.7. The van der Waals surface area contributed by atoms with Gasteiger partial charge in [-0.3, -0.25) is 14.7 Å². The maximum atomic E-state index is 12.4. The number of amides is 1. The van der Waals surface area contributed by atoms with Gasteiger partial charge in [-0.15, -0.1) is 0 Å². The molecule has 1 aliphatic heterocycles. The summed E-state index contributed by atoms with van der Waals surface area (Å²) >= 11 is 0. The third kappa shape index (κ3) is 5.70. The van der Waals surface area contributed by atoms with Gasteiger partial charge in [-0.2, -0.15) is 0 Å². The van der Waals surface area contributed by atoms with E-state index in [9.17, 15) is 4.79 Å². The summed E-state index contributed by atoms with van der Waals surface area (Å²) < 4.78 is 10.5. The van der Waals surface area contributed by atoms with Crippen LogP contribution in [0.25, 0.3) is 0 Å². The van der Waals surface area contributed by atoms with E-state index in [-0.39, 0.29) is 5.91 Å². The fraction of sp³-hybridized carbons (Fsp3) is 0.455. The van der Waals surface area contributed by atoms with Gasteiger partial charge in [-0.1, -0.05) is 6.07 Å². The molecule has 3 rings (SSSR count). The van der Waals surface area contributed by atoms with Crippen LogP contribution >= 0.6 is 0 Å². The van der Waals surface area contributed by atoms with Gasteiger partial charge in [0.25, 0.3) is 0 Å². The molecule has 0 aliphatic carbocycles. The summed E-state index contributed by atoms with van der Waals surface area (Å²) in [6, 6.07) is 9.51. The Hall–Kier alpha value is -2.60. The second-order valence-corrected chi connectivity index (χ2v) is 7.23. The molecule has 2 aromatic rings. The number of rotatable bonds is 8. The van der Waals surface area contributed by atoms with Gasteiger partial charge in [0.15, 0.2) is 0 Å². The van der Waals surface area contributed by atoms with Crippen molar-refractivity contribution in [2.24, 2.45) is 5.92 Å². The predicted molar refractivity (Wildman–Crippen MR) is 110 cm³/mol. The molecule has 0 unspecified atom stereocenters. The van der Waals surface area contributed by atoms with Gasteiger partial charge < -0.3 is 14.8 Å². The lowest BCUT2D eigenvalue weighted by Crippen LogP contribution is -2.33. The minimum absolute atomic E-state index is 0.0289. The second kappa shape index (κ2) is 10.1. The lowest BCUT2D eigenvalue weighted by atomic mass is 9.92. The zero-order valence-electron chi connectivity index (χ0n) is 16.7. The Morgan fingerprint density at radius 2 is 2.04 bits per heavy atom. The van der Waals surface area contributed by atoms with Crippen molar-refractivity contribution in [3.8, 4) is 11.5 Å². The minimum Gasteiger partial charge on any atom is -0.497 e. The van der Waals surface area contributed by atoms with Gasteiger partial charge in [0.1, 0.15) is 11.5 Å². The van der Waals surface area contributed by atoms with E-state index in [4.69, 9.17) is 9.47 Å². The minimum atomic E-state index is 0.0289. The molecule has 1 saturated heterocycles. The molecule has 1 aromatic carbocycles. The summed E-state index contributed by atoms with van der Waals surface area (Å²) in [6.07, 6.45) is 7.47. The highest BCUT2D eigenvalue weighted by Crippen LogP contribution is 2.29. The highest BCUT2D eigenvalue weighted by Gasteiger charge is 2.20. The SMILES string of the molecule is COc1ccc(NC(=O)CCC2CCN(Cc3cccnc3)CC2)c(OC)c1. The monoisotopic (exact) mass is 383 g/mol. The van der Waals surface area contributed by atoms with Crippen molar-refractivity contribution >= 4 is 11.6 Å². The molecule has 1 amide bonds. The first-order valence-corrected chi connectivity index (χ1v) is 9.81. The topological polar surface area (TPSA) is 63.7 Å². The summed E-state index contributed by atoms with van der Waals surface area (Å²) in [5.74, 6) is 1.94. The van der Waals surface area contributed by atoms with Crippen molar-refractivity contribution in [2.45, 2.75) is 32.2 Å². The van der Waals surface area contributed by atoms with Crippen molar-refractivity contribution in [1.29, 1.82) is 0 Å². The van der Waals surface area contributed by atoms with E-state index < -0.39 is 0 Å². The van der Waals surface area contributed by atoms with Crippen LogP contribution in [0.5, 0.6) is 11.5 Å². The van der Waals surface area contributed by atoms with Gasteiger partial charge in [0.2, 0.25) is 5.91 Å². The maximum Gasteiger partial charge on any atom is 0.224 e. The molecular formula is C22H29N3O3. The molecule has 0 radical (unpaired) electrons. The Morgan fingerprint density at radius 1 is 1.21 bits per heavy atom. The van der Waals surface area contributed by atoms with Gasteiger partial charge in [0, 0.05) is 31.4 Å². The normalized spacial score (nSPS) is 15.2. The maximum absolute atomic E-state index is 12.4. The molecule has 1 aliphatic rings. The summed E-state index contributed by atoms with van der Waals surface area (Å²) in [5.41, 5.74) is 1.94. The molecule has 150 valence electrons. The van der Waals surface area contributed by atoms with Crippen LogP contribution < -0.4 is 14.8 Å². The van der Waals surface area contributed by atoms with Crippen molar-refractivity contribution in [3.05, 3.63) is 48.3 Å². The average Bonchev–Trinajstić information content (AvgIpc) is 2.74. The van der Waals surface area contributed by atoms with Gasteiger partial charge in [0.05, 0.1) is 19.9 Å². The molecule has 1 fully saturated rings. The van der Waals surface area contributed by atoms with Crippen LogP contribution in [0.15, 0.2) is 42.7 Å². The number of nitrogens with one attached hydrogen (secondary N) is 1. The second-order valence-electron chi connectivity index (χ2n) is 7.23. The van der Waals surface area contributed by atoms with Crippen LogP contribution in [0, 0.1) is 5.92 Å². The van der Waals surface area contributed by atoms with Crippen LogP contribution in [0.2, 0.25) is 0 Å². The fourth-order valence-corrected chi connectivity index (χ4v) is 3.63. The Labute approximate surface area is 166 Å². The molecule has 2 heterocycles. The zero-order chi connectivity index (χ0) is 19.8. The number of nitrogens with zero attached hydrogens (tertiary/aromatic N) is 2. The zero-order valence-corrected chi connectivity index (χ0v) is 16.7. The number of methoxy groups -OCH3 is 2. The molecule has 0 bridgehead atoms. The first-order valence-electron chi connectivity index (χ1n) is 9.81. The van der Waals surface area contributed by atoms with Crippen molar-refractivity contribution < 1.29 is 14.3 Å². The quantitative estimate of drug-likeness (QED) is 0.752. The number of likely N-dealkylation sites (tertiary alicyclic amines) is 1. The molecular weight excluding hydrogens is 354 g/mol. The molecule has 28 heavy (non-hydrogen) atoms. The lowest BCUT2D eigenvalue weighted by molar-refractivity contribution is -0.116. The summed E-state index contributed by atoms with van der Waals surface area (Å²) in [4.78, 5) is 19.0. The van der Waals surface area contributed by atoms with Gasteiger partial charge in [-0.25, -0.2) is 0 Å². The van der Waals surface area contributed by atoms with Crippen molar-refractivity contribution in [3.63, 3.8) is 0 Å². The third-order valence-corrected chi connectivity index (χ3v) is 5.30. The van der Waals surface area contributed by atoms with Crippen LogP contribution in [-0.2, 0) is 11.3 Å². The Bertz CT molecular complexity index is 759. The molecule has 0 spiro atoms. The van der Waals surface area contributed by atoms with Crippen molar-refractivity contribution in [1.82, 2.24) is 9.88 Å². The third-order valence-electron chi connectivity index (χ3n) is 5.30. The van der Waals surface area contributed by atoms with Crippen LogP contribution in [-0.4, -0.2) is 43.1 Å². The molecule has 0 atom stereocenters. The van der Waals surface area contributed by atoms with E-state index in [0.29, 0.717) is 29.5 Å². The van der Waals surface area contributed by atoms with Gasteiger partial charge >= 0.3 is 0 Å². The fourth-order valence-electron chi connectivity index (χ4n) is 3.63. The van der Waals surface area contributed by atoms with E-state index in [1.165, 1.54) is 5.56 Å². The number of carbonyl (C=O) groups excluding carboxylic acids is 1. The molecule has 0 saturated carbocycles. The highest BCUT2D eigenvalue weighted by atomic mass is 16.5. The number of carbonyl (C=O) groups is 1. The smallest absolute Gasteiger partial charge is 0.224 e. The summed E-state index contributed by atoms with van der Waals surface area (Å²) in [5, 5.41) is 2.96. The number of benzene rings is 1. The Kier molecular flexibility index (Phi) is 7.25.